The molecular formula is C16H16OS2. The van der Waals surface area contributed by atoms with Crippen LogP contribution in [0.4, 0.5) is 0 Å². The van der Waals surface area contributed by atoms with E-state index in [0.717, 1.165) is 5.75 Å². The lowest BCUT2D eigenvalue weighted by molar-refractivity contribution is 0.414. The molecule has 0 N–H and O–H groups in total. The third kappa shape index (κ3) is 4.08. The van der Waals surface area contributed by atoms with E-state index < -0.39 is 0 Å². The number of thioether (sulfide) groups is 2. The van der Waals surface area contributed by atoms with E-state index in [9.17, 15) is 0 Å². The van der Waals surface area contributed by atoms with E-state index in [-0.39, 0.29) is 0 Å². The first-order valence-electron chi connectivity index (χ1n) is 5.94. The number of ether oxygens (including phenoxy) is 1. The molecule has 19 heavy (non-hydrogen) atoms. The number of rotatable bonds is 5. The number of benzene rings is 2. The third-order valence-corrected chi connectivity index (χ3v) is 4.27. The largest absolute Gasteiger partial charge is 0.497 e. The highest BCUT2D eigenvalue weighted by atomic mass is 32.2. The van der Waals surface area contributed by atoms with E-state index in [4.69, 9.17) is 4.74 Å². The smallest absolute Gasteiger partial charge is 0.118 e. The number of hydrogen-bond donors (Lipinski definition) is 0. The molecule has 0 unspecified atom stereocenters. The van der Waals surface area contributed by atoms with Crippen LogP contribution >= 0.6 is 23.5 Å². The first kappa shape index (κ1) is 14.1. The maximum atomic E-state index is 5.18. The second kappa shape index (κ2) is 7.31. The molecule has 2 rings (SSSR count). The molecule has 1 nitrogen and oxygen atoms in total. The molecular weight excluding hydrogens is 272 g/mol. The fraction of sp³-hybridized carbons (Fsp3) is 0.125. The molecule has 98 valence electrons. The lowest BCUT2D eigenvalue weighted by atomic mass is 10.2. The molecule has 2 aromatic rings. The first-order chi connectivity index (χ1) is 9.33. The summed E-state index contributed by atoms with van der Waals surface area (Å²) >= 11 is 3.49. The van der Waals surface area contributed by atoms with Gasteiger partial charge in [0.1, 0.15) is 5.75 Å². The van der Waals surface area contributed by atoms with E-state index in [2.05, 4.69) is 48.1 Å². The highest BCUT2D eigenvalue weighted by Crippen LogP contribution is 2.36. The quantitative estimate of drug-likeness (QED) is 0.704. The molecule has 0 spiro atoms. The van der Waals surface area contributed by atoms with Gasteiger partial charge in [-0.05, 0) is 41.5 Å². The zero-order chi connectivity index (χ0) is 13.5. The van der Waals surface area contributed by atoms with Gasteiger partial charge in [0.05, 0.1) is 7.11 Å². The van der Waals surface area contributed by atoms with Crippen LogP contribution in [0.25, 0.3) is 4.91 Å². The summed E-state index contributed by atoms with van der Waals surface area (Å²) in [6, 6.07) is 18.6. The zero-order valence-electron chi connectivity index (χ0n) is 11.0. The average molecular weight is 288 g/mol. The first-order valence-corrected chi connectivity index (χ1v) is 8.04. The van der Waals surface area contributed by atoms with Crippen molar-refractivity contribution < 1.29 is 4.74 Å². The fourth-order valence-electron chi connectivity index (χ4n) is 1.63. The van der Waals surface area contributed by atoms with Gasteiger partial charge < -0.3 is 4.74 Å². The molecule has 0 aliphatic heterocycles. The molecule has 0 saturated heterocycles. The van der Waals surface area contributed by atoms with E-state index in [1.165, 1.54) is 15.4 Å². The summed E-state index contributed by atoms with van der Waals surface area (Å²) in [5.74, 6) is 0.888. The molecule has 0 amide bonds. The number of methoxy groups -OCH3 is 1. The Kier molecular flexibility index (Phi) is 5.43. The topological polar surface area (TPSA) is 9.23 Å². The second-order valence-electron chi connectivity index (χ2n) is 3.86. The second-order valence-corrected chi connectivity index (χ2v) is 5.68. The Bertz CT molecular complexity index is 532. The van der Waals surface area contributed by atoms with Gasteiger partial charge in [-0.1, -0.05) is 42.1 Å². The molecule has 0 fully saturated rings. The van der Waals surface area contributed by atoms with Crippen LogP contribution in [0.1, 0.15) is 5.56 Å². The number of hydrogen-bond acceptors (Lipinski definition) is 3. The third-order valence-electron chi connectivity index (χ3n) is 2.57. The fourth-order valence-corrected chi connectivity index (χ4v) is 3.24. The van der Waals surface area contributed by atoms with Gasteiger partial charge in [0.25, 0.3) is 0 Å². The predicted octanol–water partition coefficient (Wildman–Crippen LogP) is 5.15. The van der Waals surface area contributed by atoms with Crippen molar-refractivity contribution in [3.8, 4) is 5.75 Å². The standard InChI is InChI=1S/C16H16OS2/c1-17-14-8-10-15(11-9-14)19-16(12-18-2)13-6-4-3-5-7-13/h3-12H,1-2H3/b16-12-. The Hall–Kier alpha value is -1.32. The van der Waals surface area contributed by atoms with Crippen LogP contribution in [0, 0.1) is 0 Å². The van der Waals surface area contributed by atoms with Gasteiger partial charge in [-0.15, -0.1) is 11.8 Å². The molecule has 0 radical (unpaired) electrons. The van der Waals surface area contributed by atoms with Crippen molar-refractivity contribution >= 4 is 28.4 Å². The van der Waals surface area contributed by atoms with E-state index in [1.807, 2.05) is 18.2 Å². The van der Waals surface area contributed by atoms with E-state index >= 15 is 0 Å². The van der Waals surface area contributed by atoms with Gasteiger partial charge in [-0.25, -0.2) is 0 Å². The minimum atomic E-state index is 0.888. The average Bonchev–Trinajstić information content (AvgIpc) is 2.48. The summed E-state index contributed by atoms with van der Waals surface area (Å²) in [6.45, 7) is 0. The Balaban J connectivity index is 2.19. The van der Waals surface area contributed by atoms with Gasteiger partial charge in [0.15, 0.2) is 0 Å². The summed E-state index contributed by atoms with van der Waals surface area (Å²) in [7, 11) is 1.69. The van der Waals surface area contributed by atoms with Gasteiger partial charge in [-0.3, -0.25) is 0 Å². The zero-order valence-corrected chi connectivity index (χ0v) is 12.6. The summed E-state index contributed by atoms with van der Waals surface area (Å²) in [6.07, 6.45) is 2.08. The lowest BCUT2D eigenvalue weighted by Gasteiger charge is -2.08. The van der Waals surface area contributed by atoms with Crippen LogP contribution in [0.5, 0.6) is 5.75 Å². The van der Waals surface area contributed by atoms with E-state index in [0.29, 0.717) is 0 Å². The van der Waals surface area contributed by atoms with Crippen LogP contribution in [0.15, 0.2) is 64.9 Å². The maximum absolute atomic E-state index is 5.18. The molecule has 0 atom stereocenters. The van der Waals surface area contributed by atoms with Crippen molar-refractivity contribution in [2.45, 2.75) is 4.90 Å². The normalized spacial score (nSPS) is 11.4. The van der Waals surface area contributed by atoms with Gasteiger partial charge in [0.2, 0.25) is 0 Å². The minimum absolute atomic E-state index is 0.888. The Morgan fingerprint density at radius 2 is 1.68 bits per heavy atom. The van der Waals surface area contributed by atoms with Crippen LogP contribution in [0.3, 0.4) is 0 Å². The van der Waals surface area contributed by atoms with Crippen molar-refractivity contribution in [2.75, 3.05) is 13.4 Å². The molecule has 0 saturated carbocycles. The van der Waals surface area contributed by atoms with Gasteiger partial charge >= 0.3 is 0 Å². The van der Waals surface area contributed by atoms with Crippen LogP contribution in [-0.4, -0.2) is 13.4 Å². The van der Waals surface area contributed by atoms with Crippen molar-refractivity contribution in [3.05, 3.63) is 65.6 Å². The highest BCUT2D eigenvalue weighted by molar-refractivity contribution is 8.10. The van der Waals surface area contributed by atoms with Crippen molar-refractivity contribution in [1.82, 2.24) is 0 Å². The molecule has 0 aromatic heterocycles. The van der Waals surface area contributed by atoms with Crippen molar-refractivity contribution in [1.29, 1.82) is 0 Å². The van der Waals surface area contributed by atoms with Crippen molar-refractivity contribution in [2.24, 2.45) is 0 Å². The molecule has 0 aliphatic rings. The van der Waals surface area contributed by atoms with Crippen LogP contribution in [0.2, 0.25) is 0 Å². The molecule has 2 aromatic carbocycles. The molecule has 0 heterocycles. The van der Waals surface area contributed by atoms with Crippen LogP contribution in [-0.2, 0) is 0 Å². The Labute approximate surface area is 123 Å². The van der Waals surface area contributed by atoms with E-state index in [1.54, 1.807) is 30.6 Å². The van der Waals surface area contributed by atoms with Crippen molar-refractivity contribution in [3.63, 3.8) is 0 Å². The molecule has 0 bridgehead atoms. The highest BCUT2D eigenvalue weighted by Gasteiger charge is 2.04. The van der Waals surface area contributed by atoms with Gasteiger partial charge in [-0.2, -0.15) is 0 Å². The predicted molar refractivity (Wildman–Crippen MR) is 86.8 cm³/mol. The Morgan fingerprint density at radius 3 is 2.26 bits per heavy atom. The monoisotopic (exact) mass is 288 g/mol. The SMILES string of the molecule is COc1ccc(S/C(=C\SC)c2ccccc2)cc1. The molecule has 0 aliphatic carbocycles. The summed E-state index contributed by atoms with van der Waals surface area (Å²) in [4.78, 5) is 2.48. The van der Waals surface area contributed by atoms with Gasteiger partial charge in [0, 0.05) is 9.80 Å². The Morgan fingerprint density at radius 1 is 1.00 bits per heavy atom. The summed E-state index contributed by atoms with van der Waals surface area (Å²) in [5.41, 5.74) is 1.25. The maximum Gasteiger partial charge on any atom is 0.118 e. The summed E-state index contributed by atoms with van der Waals surface area (Å²) < 4.78 is 5.18. The molecule has 3 heteroatoms. The summed E-state index contributed by atoms with van der Waals surface area (Å²) in [5, 5.41) is 2.18. The minimum Gasteiger partial charge on any atom is -0.497 e. The van der Waals surface area contributed by atoms with Crippen LogP contribution < -0.4 is 4.74 Å². The lowest BCUT2D eigenvalue weighted by Crippen LogP contribution is -1.82.